The van der Waals surface area contributed by atoms with Gasteiger partial charge in [0, 0.05) is 6.42 Å². The van der Waals surface area contributed by atoms with Crippen molar-refractivity contribution in [3.63, 3.8) is 0 Å². The van der Waals surface area contributed by atoms with Gasteiger partial charge in [0.05, 0.1) is 15.5 Å². The van der Waals surface area contributed by atoms with Crippen LogP contribution in [-0.4, -0.2) is 21.3 Å². The van der Waals surface area contributed by atoms with Crippen molar-refractivity contribution in [2.24, 2.45) is 15.0 Å². The molecule has 0 aromatic carbocycles. The van der Waals surface area contributed by atoms with Crippen LogP contribution in [0.25, 0.3) is 0 Å². The number of hydrogen-bond donors (Lipinski definition) is 0. The molecule has 0 atom stereocenters. The van der Waals surface area contributed by atoms with Crippen LogP contribution < -0.4 is 0 Å². The van der Waals surface area contributed by atoms with E-state index < -0.39 is 5.79 Å². The average molecular weight is 243 g/mol. The Morgan fingerprint density at radius 2 is 1.43 bits per heavy atom. The van der Waals surface area contributed by atoms with E-state index in [0.717, 1.165) is 12.8 Å². The van der Waals surface area contributed by atoms with Gasteiger partial charge in [-0.05, 0) is 43.1 Å². The first-order chi connectivity index (χ1) is 6.74. The van der Waals surface area contributed by atoms with Crippen molar-refractivity contribution >= 4 is 52.1 Å². The number of aliphatic imine (C=N–C) groups is 3. The van der Waals surface area contributed by atoms with Crippen LogP contribution in [0.4, 0.5) is 0 Å². The lowest BCUT2D eigenvalue weighted by Gasteiger charge is -2.15. The van der Waals surface area contributed by atoms with E-state index in [-0.39, 0.29) is 0 Å². The molecule has 0 aromatic rings. The molecule has 14 heavy (non-hydrogen) atoms. The molecule has 0 spiro atoms. The van der Waals surface area contributed by atoms with E-state index in [0.29, 0.717) is 6.42 Å². The van der Waals surface area contributed by atoms with Gasteiger partial charge in [0.25, 0.3) is 5.79 Å². The van der Waals surface area contributed by atoms with Gasteiger partial charge in [0.1, 0.15) is 0 Å². The highest BCUT2D eigenvalue weighted by Gasteiger charge is 2.26. The smallest absolute Gasteiger partial charge is 0.177 e. The monoisotopic (exact) mass is 243 g/mol. The molecule has 0 bridgehead atoms. The van der Waals surface area contributed by atoms with Crippen LogP contribution in [0.2, 0.25) is 0 Å². The van der Waals surface area contributed by atoms with Crippen LogP contribution in [0.1, 0.15) is 26.2 Å². The van der Waals surface area contributed by atoms with E-state index in [4.69, 9.17) is 0 Å². The quantitative estimate of drug-likeness (QED) is 0.531. The van der Waals surface area contributed by atoms with Gasteiger partial charge in [0.15, 0.2) is 0 Å². The summed E-state index contributed by atoms with van der Waals surface area (Å²) < 4.78 is 0. The van der Waals surface area contributed by atoms with Gasteiger partial charge >= 0.3 is 0 Å². The molecule has 0 aliphatic rings. The predicted octanol–water partition coefficient (Wildman–Crippen LogP) is 3.14. The first-order valence-electron chi connectivity index (χ1n) is 4.01. The van der Waals surface area contributed by atoms with E-state index in [2.05, 4.69) is 67.1 Å². The molecule has 0 aliphatic heterocycles. The largest absolute Gasteiger partial charge is 0.270 e. The lowest BCUT2D eigenvalue weighted by molar-refractivity contribution is 0.427. The fraction of sp³-hybridized carbons (Fsp3) is 0.625. The molecule has 74 valence electrons. The molecular formula is C8H9N3S3. The summed E-state index contributed by atoms with van der Waals surface area (Å²) in [6.07, 6.45) is 2.47. The zero-order valence-electron chi connectivity index (χ0n) is 7.69. The minimum absolute atomic E-state index is 0.584. The molecule has 0 heterocycles. The molecule has 0 aliphatic carbocycles. The van der Waals surface area contributed by atoms with Gasteiger partial charge in [-0.15, -0.1) is 0 Å². The van der Waals surface area contributed by atoms with Crippen LogP contribution in [-0.2, 0) is 0 Å². The Kier molecular flexibility index (Phi) is 7.44. The Morgan fingerprint density at radius 1 is 1.00 bits per heavy atom. The summed E-state index contributed by atoms with van der Waals surface area (Å²) in [5.74, 6) is -1.07. The summed E-state index contributed by atoms with van der Waals surface area (Å²) >= 11 is 13.6. The maximum Gasteiger partial charge on any atom is 0.270 e. The zero-order valence-corrected chi connectivity index (χ0v) is 10.1. The third-order valence-corrected chi connectivity index (χ3v) is 1.81. The van der Waals surface area contributed by atoms with E-state index in [1.54, 1.807) is 0 Å². The van der Waals surface area contributed by atoms with Crippen molar-refractivity contribution in [1.29, 1.82) is 0 Å². The van der Waals surface area contributed by atoms with E-state index in [1.807, 2.05) is 6.92 Å². The first kappa shape index (κ1) is 13.4. The van der Waals surface area contributed by atoms with Crippen molar-refractivity contribution in [2.75, 3.05) is 0 Å². The number of rotatable bonds is 6. The molecule has 0 saturated heterocycles. The first-order valence-corrected chi connectivity index (χ1v) is 5.24. The second-order valence-corrected chi connectivity index (χ2v) is 3.03. The highest BCUT2D eigenvalue weighted by atomic mass is 32.1. The molecule has 0 amide bonds. The normalized spacial score (nSPS) is 12.6. The Balaban J connectivity index is 5.01. The lowest BCUT2D eigenvalue weighted by atomic mass is 10.1. The van der Waals surface area contributed by atoms with E-state index >= 15 is 0 Å². The number of isothiocyanates is 3. The van der Waals surface area contributed by atoms with Crippen LogP contribution in [0.5, 0.6) is 0 Å². The molecule has 0 fully saturated rings. The molecule has 0 unspecified atom stereocenters. The number of unbranched alkanes of at least 4 members (excludes halogenated alkanes) is 1. The molecule has 3 nitrogen and oxygen atoms in total. The Labute approximate surface area is 99.1 Å². The summed E-state index contributed by atoms with van der Waals surface area (Å²) in [6, 6.07) is 0. The summed E-state index contributed by atoms with van der Waals surface area (Å²) in [5, 5.41) is 6.71. The van der Waals surface area contributed by atoms with E-state index in [1.165, 1.54) is 0 Å². The summed E-state index contributed by atoms with van der Waals surface area (Å²) in [7, 11) is 0. The van der Waals surface area contributed by atoms with Gasteiger partial charge in [-0.2, -0.15) is 15.0 Å². The molecule has 0 saturated carbocycles. The highest BCUT2D eigenvalue weighted by molar-refractivity contribution is 7.78. The predicted molar refractivity (Wildman–Crippen MR) is 67.3 cm³/mol. The van der Waals surface area contributed by atoms with Crippen LogP contribution in [0, 0.1) is 0 Å². The fourth-order valence-corrected chi connectivity index (χ4v) is 1.31. The zero-order chi connectivity index (χ0) is 10.9. The Hall–Kier alpha value is -0.600. The van der Waals surface area contributed by atoms with Gasteiger partial charge in [-0.1, -0.05) is 13.3 Å². The van der Waals surface area contributed by atoms with Crippen molar-refractivity contribution in [3.05, 3.63) is 0 Å². The van der Waals surface area contributed by atoms with Gasteiger partial charge in [0.2, 0.25) is 0 Å². The van der Waals surface area contributed by atoms with Crippen LogP contribution in [0.3, 0.4) is 0 Å². The number of nitrogens with zero attached hydrogens (tertiary/aromatic N) is 3. The molecular weight excluding hydrogens is 234 g/mol. The van der Waals surface area contributed by atoms with Gasteiger partial charge in [-0.25, -0.2) is 0 Å². The fourth-order valence-electron chi connectivity index (χ4n) is 0.876. The lowest BCUT2D eigenvalue weighted by Crippen LogP contribution is -2.20. The van der Waals surface area contributed by atoms with Crippen molar-refractivity contribution < 1.29 is 0 Å². The maximum atomic E-state index is 4.52. The second kappa shape index (κ2) is 7.77. The standard InChI is InChI=1S/C8H9N3S3/c1-2-3-4-8(9-5-12,10-6-13)11-7-14/h2-4H2,1H3. The third-order valence-electron chi connectivity index (χ3n) is 1.54. The summed E-state index contributed by atoms with van der Waals surface area (Å²) in [6.45, 7) is 2.05. The SMILES string of the molecule is CCCCC(N=C=S)(N=C=S)N=C=S. The number of hydrogen-bond acceptors (Lipinski definition) is 6. The summed E-state index contributed by atoms with van der Waals surface area (Å²) in [4.78, 5) is 11.5. The molecule has 0 N–H and O–H groups in total. The average Bonchev–Trinajstić information content (AvgIpc) is 2.16. The van der Waals surface area contributed by atoms with Crippen molar-refractivity contribution in [1.82, 2.24) is 0 Å². The maximum absolute atomic E-state index is 4.52. The third kappa shape index (κ3) is 4.58. The number of thiocarbonyl (C=S) groups is 3. The molecule has 0 aromatic heterocycles. The molecule has 6 heteroatoms. The minimum atomic E-state index is -1.07. The molecule has 0 rings (SSSR count). The summed E-state index contributed by atoms with van der Waals surface area (Å²) in [5.41, 5.74) is 0. The second-order valence-electron chi connectivity index (χ2n) is 2.49. The van der Waals surface area contributed by atoms with Gasteiger partial charge in [-0.3, -0.25) is 0 Å². The van der Waals surface area contributed by atoms with Crippen molar-refractivity contribution in [3.8, 4) is 0 Å². The van der Waals surface area contributed by atoms with Crippen LogP contribution in [0.15, 0.2) is 15.0 Å². The minimum Gasteiger partial charge on any atom is -0.177 e. The van der Waals surface area contributed by atoms with Crippen LogP contribution >= 0.6 is 36.7 Å². The topological polar surface area (TPSA) is 37.1 Å². The highest BCUT2D eigenvalue weighted by Crippen LogP contribution is 2.21. The van der Waals surface area contributed by atoms with E-state index in [9.17, 15) is 0 Å². The Morgan fingerprint density at radius 3 is 1.71 bits per heavy atom. The van der Waals surface area contributed by atoms with Crippen molar-refractivity contribution in [2.45, 2.75) is 32.0 Å². The Bertz CT molecular complexity index is 275. The van der Waals surface area contributed by atoms with Gasteiger partial charge < -0.3 is 0 Å². The molecule has 0 radical (unpaired) electrons.